The summed E-state index contributed by atoms with van der Waals surface area (Å²) in [6, 6.07) is -0.352. The fourth-order valence-electron chi connectivity index (χ4n) is 2.46. The van der Waals surface area contributed by atoms with Crippen LogP contribution >= 0.6 is 0 Å². The lowest BCUT2D eigenvalue weighted by molar-refractivity contribution is -0.137. The van der Waals surface area contributed by atoms with Crippen LogP contribution in [0.2, 0.25) is 0 Å². The lowest BCUT2D eigenvalue weighted by atomic mass is 10.1. The summed E-state index contributed by atoms with van der Waals surface area (Å²) in [4.78, 5) is 24.0. The van der Waals surface area contributed by atoms with Crippen LogP contribution in [0.5, 0.6) is 0 Å². The molecule has 90 valence electrons. The SMILES string of the molecule is CN1C(=O)CC(NCC2CCC(O)C2)C1=O. The molecule has 1 aliphatic heterocycles. The van der Waals surface area contributed by atoms with Gasteiger partial charge < -0.3 is 10.4 Å². The summed E-state index contributed by atoms with van der Waals surface area (Å²) >= 11 is 0. The lowest BCUT2D eigenvalue weighted by Gasteiger charge is -2.14. The van der Waals surface area contributed by atoms with Gasteiger partial charge in [0.1, 0.15) is 0 Å². The first-order chi connectivity index (χ1) is 7.58. The summed E-state index contributed by atoms with van der Waals surface area (Å²) in [5.74, 6) is 0.182. The number of imide groups is 1. The van der Waals surface area contributed by atoms with Crippen molar-refractivity contribution in [3.8, 4) is 0 Å². The Balaban J connectivity index is 1.78. The normalized spacial score (nSPS) is 35.1. The van der Waals surface area contributed by atoms with Gasteiger partial charge in [-0.15, -0.1) is 0 Å². The summed E-state index contributed by atoms with van der Waals surface area (Å²) in [6.45, 7) is 0.717. The third-order valence-corrected chi connectivity index (χ3v) is 3.55. The number of hydrogen-bond donors (Lipinski definition) is 2. The predicted octanol–water partition coefficient (Wildman–Crippen LogP) is -0.506. The first kappa shape index (κ1) is 11.5. The summed E-state index contributed by atoms with van der Waals surface area (Å²) in [6.07, 6.45) is 2.74. The number of aliphatic hydroxyl groups is 1. The molecule has 0 aromatic heterocycles. The molecular weight excluding hydrogens is 208 g/mol. The van der Waals surface area contributed by atoms with E-state index in [4.69, 9.17) is 0 Å². The number of hydrogen-bond acceptors (Lipinski definition) is 4. The number of nitrogens with one attached hydrogen (secondary N) is 1. The highest BCUT2D eigenvalue weighted by molar-refractivity contribution is 6.05. The number of carbonyl (C=O) groups is 2. The summed E-state index contributed by atoms with van der Waals surface area (Å²) in [5.41, 5.74) is 0. The molecule has 0 aromatic carbocycles. The minimum Gasteiger partial charge on any atom is -0.393 e. The van der Waals surface area contributed by atoms with Crippen LogP contribution in [0, 0.1) is 5.92 Å². The van der Waals surface area contributed by atoms with Crippen molar-refractivity contribution in [2.75, 3.05) is 13.6 Å². The maximum atomic E-state index is 11.6. The van der Waals surface area contributed by atoms with Crippen molar-refractivity contribution in [2.24, 2.45) is 5.92 Å². The molecule has 3 atom stereocenters. The highest BCUT2D eigenvalue weighted by Gasteiger charge is 2.36. The van der Waals surface area contributed by atoms with Crippen LogP contribution in [0.25, 0.3) is 0 Å². The van der Waals surface area contributed by atoms with Gasteiger partial charge in [0.15, 0.2) is 0 Å². The Kier molecular flexibility index (Phi) is 3.25. The smallest absolute Gasteiger partial charge is 0.246 e. The Morgan fingerprint density at radius 3 is 2.69 bits per heavy atom. The van der Waals surface area contributed by atoms with Crippen LogP contribution in [0.4, 0.5) is 0 Å². The van der Waals surface area contributed by atoms with Gasteiger partial charge in [-0.2, -0.15) is 0 Å². The van der Waals surface area contributed by atoms with Crippen molar-refractivity contribution in [3.05, 3.63) is 0 Å². The van der Waals surface area contributed by atoms with E-state index in [1.807, 2.05) is 0 Å². The quantitative estimate of drug-likeness (QED) is 0.636. The van der Waals surface area contributed by atoms with Crippen molar-refractivity contribution in [3.63, 3.8) is 0 Å². The number of rotatable bonds is 3. The summed E-state index contributed by atoms with van der Waals surface area (Å²) in [5, 5.41) is 12.5. The molecule has 2 aliphatic rings. The van der Waals surface area contributed by atoms with Gasteiger partial charge in [-0.05, 0) is 31.7 Å². The van der Waals surface area contributed by atoms with Gasteiger partial charge in [0.2, 0.25) is 11.8 Å². The number of amides is 2. The molecule has 5 heteroatoms. The Hall–Kier alpha value is -0.940. The van der Waals surface area contributed by atoms with Gasteiger partial charge in [0.05, 0.1) is 18.6 Å². The molecule has 2 amide bonds. The molecule has 0 radical (unpaired) electrons. The van der Waals surface area contributed by atoms with Crippen LogP contribution in [-0.4, -0.2) is 47.6 Å². The van der Waals surface area contributed by atoms with Crippen molar-refractivity contribution >= 4 is 11.8 Å². The van der Waals surface area contributed by atoms with E-state index in [1.165, 1.54) is 11.9 Å². The minimum absolute atomic E-state index is 0.117. The third-order valence-electron chi connectivity index (χ3n) is 3.55. The average molecular weight is 226 g/mol. The van der Waals surface area contributed by atoms with Crippen LogP contribution < -0.4 is 5.32 Å². The molecule has 3 unspecified atom stereocenters. The number of nitrogens with zero attached hydrogens (tertiary/aromatic N) is 1. The Morgan fingerprint density at radius 2 is 2.19 bits per heavy atom. The molecular formula is C11H18N2O3. The third kappa shape index (κ3) is 2.25. The van der Waals surface area contributed by atoms with E-state index in [-0.39, 0.29) is 30.4 Å². The second-order valence-electron chi connectivity index (χ2n) is 4.79. The van der Waals surface area contributed by atoms with Crippen molar-refractivity contribution < 1.29 is 14.7 Å². The van der Waals surface area contributed by atoms with E-state index < -0.39 is 0 Å². The van der Waals surface area contributed by atoms with Gasteiger partial charge in [0, 0.05) is 7.05 Å². The van der Waals surface area contributed by atoms with E-state index in [1.54, 1.807) is 0 Å². The van der Waals surface area contributed by atoms with Crippen molar-refractivity contribution in [1.29, 1.82) is 0 Å². The van der Waals surface area contributed by atoms with Crippen LogP contribution in [-0.2, 0) is 9.59 Å². The zero-order valence-electron chi connectivity index (χ0n) is 9.48. The zero-order valence-corrected chi connectivity index (χ0v) is 9.48. The highest BCUT2D eigenvalue weighted by Crippen LogP contribution is 2.25. The molecule has 2 N–H and O–H groups in total. The number of likely N-dealkylation sites (tertiary alicyclic amines) is 1. The molecule has 2 rings (SSSR count). The Morgan fingerprint density at radius 1 is 1.44 bits per heavy atom. The Bertz CT molecular complexity index is 306. The van der Waals surface area contributed by atoms with Crippen LogP contribution in [0.3, 0.4) is 0 Å². The molecule has 5 nitrogen and oxygen atoms in total. The number of aliphatic hydroxyl groups excluding tert-OH is 1. The maximum absolute atomic E-state index is 11.6. The molecule has 1 aliphatic carbocycles. The average Bonchev–Trinajstić information content (AvgIpc) is 2.76. The van der Waals surface area contributed by atoms with Crippen molar-refractivity contribution in [1.82, 2.24) is 10.2 Å². The molecule has 0 spiro atoms. The molecule has 0 aromatic rings. The second kappa shape index (κ2) is 4.51. The zero-order chi connectivity index (χ0) is 11.7. The lowest BCUT2D eigenvalue weighted by Crippen LogP contribution is -2.39. The predicted molar refractivity (Wildman–Crippen MR) is 57.5 cm³/mol. The van der Waals surface area contributed by atoms with Gasteiger partial charge in [0.25, 0.3) is 0 Å². The van der Waals surface area contributed by atoms with Gasteiger partial charge in [-0.1, -0.05) is 0 Å². The molecule has 1 saturated carbocycles. The fourth-order valence-corrected chi connectivity index (χ4v) is 2.46. The largest absolute Gasteiger partial charge is 0.393 e. The standard InChI is InChI=1S/C11H18N2O3/c1-13-10(15)5-9(11(13)16)12-6-7-2-3-8(14)4-7/h7-9,12,14H,2-6H2,1H3. The second-order valence-corrected chi connectivity index (χ2v) is 4.79. The van der Waals surface area contributed by atoms with Crippen LogP contribution in [0.15, 0.2) is 0 Å². The number of carbonyl (C=O) groups excluding carboxylic acids is 2. The first-order valence-corrected chi connectivity index (χ1v) is 5.79. The van der Waals surface area contributed by atoms with E-state index in [9.17, 15) is 14.7 Å². The maximum Gasteiger partial charge on any atom is 0.246 e. The summed E-state index contributed by atoms with van der Waals surface area (Å²) in [7, 11) is 1.52. The molecule has 0 bridgehead atoms. The topological polar surface area (TPSA) is 69.6 Å². The Labute approximate surface area is 94.8 Å². The van der Waals surface area contributed by atoms with E-state index in [0.717, 1.165) is 19.3 Å². The highest BCUT2D eigenvalue weighted by atomic mass is 16.3. The van der Waals surface area contributed by atoms with Gasteiger partial charge in [-0.3, -0.25) is 14.5 Å². The molecule has 2 fully saturated rings. The first-order valence-electron chi connectivity index (χ1n) is 5.79. The van der Waals surface area contributed by atoms with E-state index in [0.29, 0.717) is 12.5 Å². The number of likely N-dealkylation sites (N-methyl/N-ethyl adjacent to an activating group) is 1. The molecule has 1 saturated heterocycles. The minimum atomic E-state index is -0.352. The molecule has 16 heavy (non-hydrogen) atoms. The van der Waals surface area contributed by atoms with Crippen LogP contribution in [0.1, 0.15) is 25.7 Å². The van der Waals surface area contributed by atoms with Gasteiger partial charge >= 0.3 is 0 Å². The fraction of sp³-hybridized carbons (Fsp3) is 0.818. The molecule has 1 heterocycles. The van der Waals surface area contributed by atoms with E-state index in [2.05, 4.69) is 5.32 Å². The summed E-state index contributed by atoms with van der Waals surface area (Å²) < 4.78 is 0. The van der Waals surface area contributed by atoms with E-state index >= 15 is 0 Å². The van der Waals surface area contributed by atoms with Gasteiger partial charge in [-0.25, -0.2) is 0 Å². The van der Waals surface area contributed by atoms with Crippen molar-refractivity contribution in [2.45, 2.75) is 37.8 Å². The monoisotopic (exact) mass is 226 g/mol.